The van der Waals surface area contributed by atoms with Gasteiger partial charge in [-0.1, -0.05) is 0 Å². The Hall–Kier alpha value is -1.42. The molecule has 1 aliphatic heterocycles. The number of aliphatic hydroxyl groups excluding tert-OH is 1. The lowest BCUT2D eigenvalue weighted by molar-refractivity contribution is 0.174. The molecule has 1 aliphatic rings. The Kier molecular flexibility index (Phi) is 1.75. The Labute approximate surface area is 69.7 Å². The second-order valence-electron chi connectivity index (χ2n) is 2.40. The molecule has 0 fully saturated rings. The van der Waals surface area contributed by atoms with E-state index in [1.807, 2.05) is 6.07 Å². The van der Waals surface area contributed by atoms with Gasteiger partial charge in [-0.2, -0.15) is 0 Å². The van der Waals surface area contributed by atoms with Gasteiger partial charge in [-0.25, -0.2) is 0 Å². The highest BCUT2D eigenvalue weighted by molar-refractivity contribution is 5.55. The smallest absolute Gasteiger partial charge is 0.231 e. The lowest BCUT2D eigenvalue weighted by Crippen LogP contribution is -1.98. The third kappa shape index (κ3) is 1.16. The van der Waals surface area contributed by atoms with Crippen LogP contribution in [-0.4, -0.2) is 18.6 Å². The molecule has 0 bridgehead atoms. The number of benzene rings is 1. The molecule has 0 amide bonds. The molecule has 0 saturated carbocycles. The van der Waals surface area contributed by atoms with Crippen LogP contribution in [0.5, 0.6) is 11.5 Å². The zero-order valence-electron chi connectivity index (χ0n) is 6.41. The van der Waals surface area contributed by atoms with Gasteiger partial charge in [0.2, 0.25) is 6.79 Å². The fourth-order valence-electron chi connectivity index (χ4n) is 1.10. The zero-order valence-corrected chi connectivity index (χ0v) is 6.41. The maximum Gasteiger partial charge on any atom is 0.231 e. The molecular formula is C8H9NO3. The Balaban J connectivity index is 2.26. The minimum absolute atomic E-state index is 0.0837. The summed E-state index contributed by atoms with van der Waals surface area (Å²) in [7, 11) is 0. The predicted octanol–water partition coefficient (Wildman–Crippen LogP) is 0.777. The normalized spacial score (nSPS) is 13.1. The van der Waals surface area contributed by atoms with Gasteiger partial charge in [-0.05, 0) is 12.1 Å². The highest BCUT2D eigenvalue weighted by Gasteiger charge is 2.12. The minimum Gasteiger partial charge on any atom is -0.454 e. The number of ether oxygens (including phenoxy) is 2. The van der Waals surface area contributed by atoms with Crippen molar-refractivity contribution in [2.75, 3.05) is 18.8 Å². The first-order chi connectivity index (χ1) is 5.90. The maximum absolute atomic E-state index is 8.59. The number of anilines is 1. The standard InChI is InChI=1S/C8H9NO3/c10-4-9-6-1-2-7-8(3-6)12-5-11-7/h1-3,9-10H,4-5H2. The molecule has 0 aromatic heterocycles. The third-order valence-electron chi connectivity index (χ3n) is 1.66. The van der Waals surface area contributed by atoms with E-state index >= 15 is 0 Å². The quantitative estimate of drug-likeness (QED) is 0.639. The van der Waals surface area contributed by atoms with Gasteiger partial charge in [0.05, 0.1) is 0 Å². The van der Waals surface area contributed by atoms with Crippen LogP contribution in [0.4, 0.5) is 5.69 Å². The van der Waals surface area contributed by atoms with E-state index in [-0.39, 0.29) is 13.5 Å². The molecule has 0 radical (unpaired) electrons. The molecule has 0 atom stereocenters. The summed E-state index contributed by atoms with van der Waals surface area (Å²) in [6.07, 6.45) is 0. The van der Waals surface area contributed by atoms with Crippen molar-refractivity contribution in [2.24, 2.45) is 0 Å². The predicted molar refractivity (Wildman–Crippen MR) is 43.3 cm³/mol. The fraction of sp³-hybridized carbons (Fsp3) is 0.250. The van der Waals surface area contributed by atoms with Crippen molar-refractivity contribution in [3.63, 3.8) is 0 Å². The molecular weight excluding hydrogens is 158 g/mol. The molecule has 4 heteroatoms. The van der Waals surface area contributed by atoms with Crippen LogP contribution in [0.2, 0.25) is 0 Å². The highest BCUT2D eigenvalue weighted by atomic mass is 16.7. The van der Waals surface area contributed by atoms with E-state index in [0.29, 0.717) is 5.75 Å². The summed E-state index contributed by atoms with van der Waals surface area (Å²) in [4.78, 5) is 0. The summed E-state index contributed by atoms with van der Waals surface area (Å²) in [5.41, 5.74) is 0.821. The molecule has 1 heterocycles. The number of rotatable bonds is 2. The number of nitrogens with one attached hydrogen (secondary N) is 1. The highest BCUT2D eigenvalue weighted by Crippen LogP contribution is 2.33. The summed E-state index contributed by atoms with van der Waals surface area (Å²) < 4.78 is 10.3. The average Bonchev–Trinajstić information content (AvgIpc) is 2.51. The van der Waals surface area contributed by atoms with Crippen molar-refractivity contribution in [3.8, 4) is 11.5 Å². The monoisotopic (exact) mass is 167 g/mol. The Morgan fingerprint density at radius 2 is 2.17 bits per heavy atom. The summed E-state index contributed by atoms with van der Waals surface area (Å²) >= 11 is 0. The van der Waals surface area contributed by atoms with Gasteiger partial charge in [-0.3, -0.25) is 0 Å². The molecule has 64 valence electrons. The van der Waals surface area contributed by atoms with E-state index in [1.165, 1.54) is 0 Å². The van der Waals surface area contributed by atoms with Crippen LogP contribution in [0.3, 0.4) is 0 Å². The van der Waals surface area contributed by atoms with Crippen LogP contribution in [0.1, 0.15) is 0 Å². The van der Waals surface area contributed by atoms with Crippen LogP contribution in [0.25, 0.3) is 0 Å². The van der Waals surface area contributed by atoms with E-state index in [4.69, 9.17) is 14.6 Å². The van der Waals surface area contributed by atoms with Gasteiger partial charge in [0, 0.05) is 11.8 Å². The summed E-state index contributed by atoms with van der Waals surface area (Å²) in [5.74, 6) is 1.46. The Morgan fingerprint density at radius 3 is 3.00 bits per heavy atom. The number of hydrogen-bond donors (Lipinski definition) is 2. The van der Waals surface area contributed by atoms with E-state index in [2.05, 4.69) is 5.32 Å². The van der Waals surface area contributed by atoms with Crippen molar-refractivity contribution in [2.45, 2.75) is 0 Å². The summed E-state index contributed by atoms with van der Waals surface area (Å²) in [5, 5.41) is 11.3. The minimum atomic E-state index is -0.0837. The average molecular weight is 167 g/mol. The largest absolute Gasteiger partial charge is 0.454 e. The zero-order chi connectivity index (χ0) is 8.39. The van der Waals surface area contributed by atoms with E-state index in [9.17, 15) is 0 Å². The molecule has 0 spiro atoms. The van der Waals surface area contributed by atoms with Crippen LogP contribution < -0.4 is 14.8 Å². The summed E-state index contributed by atoms with van der Waals surface area (Å²) in [6.45, 7) is 0.192. The van der Waals surface area contributed by atoms with Crippen molar-refractivity contribution in [1.29, 1.82) is 0 Å². The van der Waals surface area contributed by atoms with Gasteiger partial charge in [0.25, 0.3) is 0 Å². The second-order valence-corrected chi connectivity index (χ2v) is 2.40. The second kappa shape index (κ2) is 2.91. The fourth-order valence-corrected chi connectivity index (χ4v) is 1.10. The van der Waals surface area contributed by atoms with E-state index in [0.717, 1.165) is 11.4 Å². The van der Waals surface area contributed by atoms with Crippen molar-refractivity contribution < 1.29 is 14.6 Å². The van der Waals surface area contributed by atoms with Gasteiger partial charge in [-0.15, -0.1) is 0 Å². The van der Waals surface area contributed by atoms with Crippen LogP contribution >= 0.6 is 0 Å². The van der Waals surface area contributed by atoms with Gasteiger partial charge in [0.15, 0.2) is 11.5 Å². The van der Waals surface area contributed by atoms with Gasteiger partial charge >= 0.3 is 0 Å². The van der Waals surface area contributed by atoms with Gasteiger partial charge < -0.3 is 19.9 Å². The lowest BCUT2D eigenvalue weighted by atomic mass is 10.3. The SMILES string of the molecule is OCNc1ccc2c(c1)OCO2. The van der Waals surface area contributed by atoms with Crippen molar-refractivity contribution >= 4 is 5.69 Å². The topological polar surface area (TPSA) is 50.7 Å². The van der Waals surface area contributed by atoms with E-state index < -0.39 is 0 Å². The molecule has 1 aromatic rings. The van der Waals surface area contributed by atoms with Crippen molar-refractivity contribution in [3.05, 3.63) is 18.2 Å². The molecule has 12 heavy (non-hydrogen) atoms. The lowest BCUT2D eigenvalue weighted by Gasteiger charge is -2.02. The van der Waals surface area contributed by atoms with E-state index in [1.54, 1.807) is 12.1 Å². The number of fused-ring (bicyclic) bond motifs is 1. The molecule has 1 aromatic carbocycles. The molecule has 0 saturated heterocycles. The van der Waals surface area contributed by atoms with Gasteiger partial charge in [0.1, 0.15) is 6.73 Å². The maximum atomic E-state index is 8.59. The Bertz CT molecular complexity index is 288. The third-order valence-corrected chi connectivity index (χ3v) is 1.66. The first kappa shape index (κ1) is 7.24. The Morgan fingerprint density at radius 1 is 1.33 bits per heavy atom. The molecule has 2 rings (SSSR count). The van der Waals surface area contributed by atoms with Crippen molar-refractivity contribution in [1.82, 2.24) is 0 Å². The summed E-state index contributed by atoms with van der Waals surface area (Å²) in [6, 6.07) is 5.42. The van der Waals surface area contributed by atoms with Crippen LogP contribution in [0, 0.1) is 0 Å². The molecule has 2 N–H and O–H groups in total. The molecule has 0 unspecified atom stereocenters. The first-order valence-corrected chi connectivity index (χ1v) is 3.64. The number of hydrogen-bond acceptors (Lipinski definition) is 4. The molecule has 4 nitrogen and oxygen atoms in total. The first-order valence-electron chi connectivity index (χ1n) is 3.64. The van der Waals surface area contributed by atoms with Crippen LogP contribution in [-0.2, 0) is 0 Å². The van der Waals surface area contributed by atoms with Crippen LogP contribution in [0.15, 0.2) is 18.2 Å². The molecule has 0 aliphatic carbocycles. The number of aliphatic hydroxyl groups is 1.